The molecular formula is C11H20O2. The van der Waals surface area contributed by atoms with Crippen molar-refractivity contribution in [1.29, 1.82) is 0 Å². The summed E-state index contributed by atoms with van der Waals surface area (Å²) in [5.41, 5.74) is 0. The quantitative estimate of drug-likeness (QED) is 0.485. The standard InChI is InChI=1S/C11H20O2/c1-9(2)6-5-7-10(3)8-11(12)13-4/h5-6,9-10H,7-8H2,1-4H3. The number of esters is 1. The average Bonchev–Trinajstić information content (AvgIpc) is 2.03. The second-order valence-corrected chi connectivity index (χ2v) is 3.79. The van der Waals surface area contributed by atoms with Crippen LogP contribution in [0.15, 0.2) is 12.2 Å². The lowest BCUT2D eigenvalue weighted by molar-refractivity contribution is -0.141. The van der Waals surface area contributed by atoms with Gasteiger partial charge in [-0.15, -0.1) is 0 Å². The first-order valence-corrected chi connectivity index (χ1v) is 4.79. The van der Waals surface area contributed by atoms with E-state index in [1.807, 2.05) is 0 Å². The van der Waals surface area contributed by atoms with Crippen molar-refractivity contribution in [2.45, 2.75) is 33.6 Å². The first kappa shape index (κ1) is 12.2. The summed E-state index contributed by atoms with van der Waals surface area (Å²) in [7, 11) is 1.43. The molecule has 0 saturated carbocycles. The summed E-state index contributed by atoms with van der Waals surface area (Å²) in [6.45, 7) is 6.34. The summed E-state index contributed by atoms with van der Waals surface area (Å²) in [5, 5.41) is 0. The van der Waals surface area contributed by atoms with Crippen LogP contribution in [0.2, 0.25) is 0 Å². The van der Waals surface area contributed by atoms with Gasteiger partial charge in [0.15, 0.2) is 0 Å². The van der Waals surface area contributed by atoms with Gasteiger partial charge in [0.25, 0.3) is 0 Å². The second kappa shape index (κ2) is 6.70. The minimum Gasteiger partial charge on any atom is -0.469 e. The molecule has 0 radical (unpaired) electrons. The van der Waals surface area contributed by atoms with Crippen molar-refractivity contribution < 1.29 is 9.53 Å². The van der Waals surface area contributed by atoms with Crippen LogP contribution in [-0.4, -0.2) is 13.1 Å². The number of hydrogen-bond donors (Lipinski definition) is 0. The molecule has 1 atom stereocenters. The van der Waals surface area contributed by atoms with Crippen LogP contribution < -0.4 is 0 Å². The Kier molecular flexibility index (Phi) is 6.29. The fourth-order valence-electron chi connectivity index (χ4n) is 1.03. The second-order valence-electron chi connectivity index (χ2n) is 3.79. The smallest absolute Gasteiger partial charge is 0.305 e. The molecule has 0 fully saturated rings. The van der Waals surface area contributed by atoms with Gasteiger partial charge in [-0.25, -0.2) is 0 Å². The Hall–Kier alpha value is -0.790. The number of allylic oxidation sites excluding steroid dienone is 2. The minimum atomic E-state index is -0.120. The largest absolute Gasteiger partial charge is 0.469 e. The van der Waals surface area contributed by atoms with Crippen molar-refractivity contribution in [2.75, 3.05) is 7.11 Å². The average molecular weight is 184 g/mol. The van der Waals surface area contributed by atoms with E-state index >= 15 is 0 Å². The lowest BCUT2D eigenvalue weighted by Gasteiger charge is -2.06. The molecule has 2 heteroatoms. The number of ether oxygens (including phenoxy) is 1. The molecule has 0 heterocycles. The SMILES string of the molecule is COC(=O)CC(C)CC=CC(C)C. The fraction of sp³-hybridized carbons (Fsp3) is 0.727. The maximum atomic E-state index is 10.9. The van der Waals surface area contributed by atoms with Crippen LogP contribution in [0, 0.1) is 11.8 Å². The highest BCUT2D eigenvalue weighted by atomic mass is 16.5. The predicted molar refractivity (Wildman–Crippen MR) is 54.4 cm³/mol. The Morgan fingerprint density at radius 1 is 1.38 bits per heavy atom. The molecular weight excluding hydrogens is 164 g/mol. The van der Waals surface area contributed by atoms with Crippen molar-refractivity contribution in [3.8, 4) is 0 Å². The van der Waals surface area contributed by atoms with E-state index in [1.165, 1.54) is 7.11 Å². The van der Waals surface area contributed by atoms with E-state index in [0.29, 0.717) is 18.3 Å². The maximum absolute atomic E-state index is 10.9. The van der Waals surface area contributed by atoms with Crippen LogP contribution in [0.1, 0.15) is 33.6 Å². The lowest BCUT2D eigenvalue weighted by Crippen LogP contribution is -2.06. The molecule has 0 rings (SSSR count). The number of hydrogen-bond acceptors (Lipinski definition) is 2. The van der Waals surface area contributed by atoms with Gasteiger partial charge in [0.2, 0.25) is 0 Å². The van der Waals surface area contributed by atoms with E-state index in [2.05, 4.69) is 37.7 Å². The molecule has 0 amide bonds. The molecule has 13 heavy (non-hydrogen) atoms. The zero-order chi connectivity index (χ0) is 10.3. The van der Waals surface area contributed by atoms with Crippen molar-refractivity contribution in [3.63, 3.8) is 0 Å². The van der Waals surface area contributed by atoms with Gasteiger partial charge in [-0.1, -0.05) is 32.9 Å². The molecule has 0 spiro atoms. The molecule has 0 saturated heterocycles. The molecule has 1 unspecified atom stereocenters. The van der Waals surface area contributed by atoms with Gasteiger partial charge in [-0.3, -0.25) is 4.79 Å². The molecule has 2 nitrogen and oxygen atoms in total. The minimum absolute atomic E-state index is 0.120. The Labute approximate surface area is 81.0 Å². The Bertz CT molecular complexity index is 171. The van der Waals surface area contributed by atoms with Crippen LogP contribution in [0.3, 0.4) is 0 Å². The van der Waals surface area contributed by atoms with Crippen molar-refractivity contribution in [2.24, 2.45) is 11.8 Å². The predicted octanol–water partition coefficient (Wildman–Crippen LogP) is 2.79. The number of carbonyl (C=O) groups is 1. The van der Waals surface area contributed by atoms with Gasteiger partial charge in [-0.2, -0.15) is 0 Å². The summed E-state index contributed by atoms with van der Waals surface area (Å²) in [5.74, 6) is 0.846. The normalized spacial score (nSPS) is 13.6. The zero-order valence-corrected chi connectivity index (χ0v) is 9.04. The zero-order valence-electron chi connectivity index (χ0n) is 9.04. The van der Waals surface area contributed by atoms with E-state index in [9.17, 15) is 4.79 Å². The summed E-state index contributed by atoms with van der Waals surface area (Å²) in [4.78, 5) is 10.9. The Morgan fingerprint density at radius 2 is 2.00 bits per heavy atom. The lowest BCUT2D eigenvalue weighted by atomic mass is 10.0. The van der Waals surface area contributed by atoms with Crippen LogP contribution in [-0.2, 0) is 9.53 Å². The van der Waals surface area contributed by atoms with Crippen LogP contribution >= 0.6 is 0 Å². The number of carbonyl (C=O) groups excluding carboxylic acids is 1. The Morgan fingerprint density at radius 3 is 2.46 bits per heavy atom. The number of rotatable bonds is 5. The summed E-state index contributed by atoms with van der Waals surface area (Å²) < 4.78 is 4.59. The molecule has 0 aromatic carbocycles. The van der Waals surface area contributed by atoms with Gasteiger partial charge in [0.1, 0.15) is 0 Å². The third-order valence-electron chi connectivity index (χ3n) is 1.80. The van der Waals surface area contributed by atoms with Gasteiger partial charge >= 0.3 is 5.97 Å². The summed E-state index contributed by atoms with van der Waals surface area (Å²) in [6.07, 6.45) is 5.76. The molecule has 0 aromatic heterocycles. The highest BCUT2D eigenvalue weighted by molar-refractivity contribution is 5.69. The molecule has 0 bridgehead atoms. The number of methoxy groups -OCH3 is 1. The van der Waals surface area contributed by atoms with E-state index in [-0.39, 0.29) is 5.97 Å². The summed E-state index contributed by atoms with van der Waals surface area (Å²) >= 11 is 0. The van der Waals surface area contributed by atoms with Gasteiger partial charge in [0.05, 0.1) is 7.11 Å². The van der Waals surface area contributed by atoms with Gasteiger partial charge in [-0.05, 0) is 18.3 Å². The van der Waals surface area contributed by atoms with E-state index < -0.39 is 0 Å². The molecule has 76 valence electrons. The van der Waals surface area contributed by atoms with Crippen LogP contribution in [0.4, 0.5) is 0 Å². The molecule has 0 N–H and O–H groups in total. The van der Waals surface area contributed by atoms with Crippen molar-refractivity contribution in [1.82, 2.24) is 0 Å². The van der Waals surface area contributed by atoms with E-state index in [4.69, 9.17) is 0 Å². The van der Waals surface area contributed by atoms with Crippen molar-refractivity contribution in [3.05, 3.63) is 12.2 Å². The van der Waals surface area contributed by atoms with E-state index in [0.717, 1.165) is 6.42 Å². The highest BCUT2D eigenvalue weighted by Gasteiger charge is 2.06. The van der Waals surface area contributed by atoms with E-state index in [1.54, 1.807) is 0 Å². The van der Waals surface area contributed by atoms with Crippen LogP contribution in [0.25, 0.3) is 0 Å². The maximum Gasteiger partial charge on any atom is 0.305 e. The fourth-order valence-corrected chi connectivity index (χ4v) is 1.03. The van der Waals surface area contributed by atoms with Gasteiger partial charge < -0.3 is 4.74 Å². The monoisotopic (exact) mass is 184 g/mol. The summed E-state index contributed by atoms with van der Waals surface area (Å²) in [6, 6.07) is 0. The molecule has 0 aliphatic rings. The van der Waals surface area contributed by atoms with Gasteiger partial charge in [0, 0.05) is 6.42 Å². The molecule has 0 aliphatic heterocycles. The van der Waals surface area contributed by atoms with Crippen molar-refractivity contribution >= 4 is 5.97 Å². The highest BCUT2D eigenvalue weighted by Crippen LogP contribution is 2.09. The third kappa shape index (κ3) is 7.57. The molecule has 0 aliphatic carbocycles. The van der Waals surface area contributed by atoms with Crippen LogP contribution in [0.5, 0.6) is 0 Å². The third-order valence-corrected chi connectivity index (χ3v) is 1.80. The molecule has 0 aromatic rings. The first-order chi connectivity index (χ1) is 6.06. The Balaban J connectivity index is 3.62. The first-order valence-electron chi connectivity index (χ1n) is 4.79. The topological polar surface area (TPSA) is 26.3 Å².